The van der Waals surface area contributed by atoms with E-state index in [-0.39, 0.29) is 0 Å². The molecule has 3 nitrogen and oxygen atoms in total. The van der Waals surface area contributed by atoms with E-state index in [0.29, 0.717) is 4.90 Å². The molecule has 0 radical (unpaired) electrons. The fourth-order valence-electron chi connectivity index (χ4n) is 1.04. The molecule has 0 aromatic carbocycles. The zero-order chi connectivity index (χ0) is 14.0. The van der Waals surface area contributed by atoms with Gasteiger partial charge >= 0.3 is 18.1 Å². The third-order valence-corrected chi connectivity index (χ3v) is 1.82. The summed E-state index contributed by atoms with van der Waals surface area (Å²) < 4.78 is 73.6. The Hall–Kier alpha value is -1.15. The summed E-state index contributed by atoms with van der Waals surface area (Å²) in [7, 11) is 3.32. The number of hydrogen-bond donors (Lipinski definition) is 0. The van der Waals surface area contributed by atoms with Gasteiger partial charge in [0.1, 0.15) is 0 Å². The summed E-state index contributed by atoms with van der Waals surface area (Å²) in [6.07, 6.45) is -9.96. The molecule has 0 aromatic rings. The Morgan fingerprint density at radius 1 is 1.12 bits per heavy atom. The number of nitrogens with zero attached hydrogens (tertiary/aromatic N) is 2. The fourth-order valence-corrected chi connectivity index (χ4v) is 1.04. The van der Waals surface area contributed by atoms with E-state index < -0.39 is 30.8 Å². The Labute approximate surface area is 94.0 Å². The van der Waals surface area contributed by atoms with Crippen LogP contribution in [-0.4, -0.2) is 61.8 Å². The van der Waals surface area contributed by atoms with Crippen LogP contribution in [0.5, 0.6) is 0 Å². The number of alkyl halides is 6. The van der Waals surface area contributed by atoms with Crippen LogP contribution in [0.25, 0.3) is 0 Å². The first-order chi connectivity index (χ1) is 7.39. The number of carbonyl (C=O) groups excluding carboxylic acids is 1. The lowest BCUT2D eigenvalue weighted by molar-refractivity contribution is -0.245. The second-order valence-electron chi connectivity index (χ2n) is 3.70. The van der Waals surface area contributed by atoms with E-state index in [1.807, 2.05) is 0 Å². The van der Waals surface area contributed by atoms with Gasteiger partial charge in [0.15, 0.2) is 0 Å². The van der Waals surface area contributed by atoms with Crippen LogP contribution in [0.3, 0.4) is 0 Å². The number of halogens is 6. The molecule has 1 atom stereocenters. The fraction of sp³-hybridized carbons (Fsp3) is 0.875. The van der Waals surface area contributed by atoms with E-state index in [1.165, 1.54) is 14.1 Å². The monoisotopic (exact) mass is 266 g/mol. The van der Waals surface area contributed by atoms with Crippen molar-refractivity contribution in [2.24, 2.45) is 0 Å². The minimum Gasteiger partial charge on any atom is -0.331 e. The van der Waals surface area contributed by atoms with Crippen molar-refractivity contribution in [2.75, 3.05) is 27.7 Å². The highest BCUT2D eigenvalue weighted by Gasteiger charge is 2.57. The van der Waals surface area contributed by atoms with Crippen LogP contribution in [0.1, 0.15) is 0 Å². The smallest absolute Gasteiger partial charge is 0.331 e. The van der Waals surface area contributed by atoms with E-state index in [0.717, 1.165) is 11.9 Å². The van der Waals surface area contributed by atoms with Gasteiger partial charge in [-0.15, -0.1) is 0 Å². The van der Waals surface area contributed by atoms with Crippen molar-refractivity contribution in [2.45, 2.75) is 18.3 Å². The molecule has 0 spiro atoms. The highest BCUT2D eigenvalue weighted by Crippen LogP contribution is 2.35. The second-order valence-corrected chi connectivity index (χ2v) is 3.70. The Morgan fingerprint density at radius 2 is 1.53 bits per heavy atom. The largest absolute Gasteiger partial charge is 0.425 e. The van der Waals surface area contributed by atoms with E-state index in [9.17, 15) is 31.1 Å². The van der Waals surface area contributed by atoms with Crippen LogP contribution in [0.2, 0.25) is 0 Å². The molecule has 0 saturated heterocycles. The average molecular weight is 266 g/mol. The average Bonchev–Trinajstić information content (AvgIpc) is 2.12. The first-order valence-corrected chi connectivity index (χ1v) is 4.40. The third kappa shape index (κ3) is 4.31. The van der Waals surface area contributed by atoms with Gasteiger partial charge in [0.05, 0.1) is 6.54 Å². The van der Waals surface area contributed by atoms with Gasteiger partial charge < -0.3 is 9.80 Å². The Kier molecular flexibility index (Phi) is 4.67. The SMILES string of the molecule is CN(C)C(=O)N(C)CC(F)(F)C(F)C(F)(F)F. The van der Waals surface area contributed by atoms with Crippen LogP contribution in [0.4, 0.5) is 31.1 Å². The van der Waals surface area contributed by atoms with Gasteiger partial charge in [0.25, 0.3) is 6.17 Å². The van der Waals surface area contributed by atoms with Crippen LogP contribution < -0.4 is 0 Å². The number of amides is 2. The first-order valence-electron chi connectivity index (χ1n) is 4.40. The summed E-state index contributed by atoms with van der Waals surface area (Å²) in [6, 6.07) is -0.945. The summed E-state index contributed by atoms with van der Waals surface area (Å²) in [5.41, 5.74) is 0. The van der Waals surface area contributed by atoms with Crippen molar-refractivity contribution in [3.63, 3.8) is 0 Å². The van der Waals surface area contributed by atoms with Crippen LogP contribution in [-0.2, 0) is 0 Å². The molecule has 1 unspecified atom stereocenters. The second kappa shape index (κ2) is 5.01. The summed E-state index contributed by atoms with van der Waals surface area (Å²) in [5.74, 6) is -4.68. The predicted octanol–water partition coefficient (Wildman–Crippen LogP) is 2.14. The maximum Gasteiger partial charge on any atom is 0.425 e. The van der Waals surface area contributed by atoms with Crippen LogP contribution >= 0.6 is 0 Å². The molecular formula is C8H12F6N2O. The van der Waals surface area contributed by atoms with Crippen LogP contribution in [0, 0.1) is 0 Å². The highest BCUT2D eigenvalue weighted by atomic mass is 19.4. The molecule has 2 amide bonds. The lowest BCUT2D eigenvalue weighted by Crippen LogP contribution is -2.51. The van der Waals surface area contributed by atoms with Gasteiger partial charge in [-0.1, -0.05) is 0 Å². The Balaban J connectivity index is 4.71. The maximum atomic E-state index is 12.9. The van der Waals surface area contributed by atoms with Gasteiger partial charge in [-0.05, 0) is 0 Å². The molecule has 0 saturated carbocycles. The highest BCUT2D eigenvalue weighted by molar-refractivity contribution is 5.73. The lowest BCUT2D eigenvalue weighted by Gasteiger charge is -2.28. The molecule has 0 aromatic heterocycles. The van der Waals surface area contributed by atoms with Crippen LogP contribution in [0.15, 0.2) is 0 Å². The van der Waals surface area contributed by atoms with Crippen molar-refractivity contribution in [1.29, 1.82) is 0 Å². The topological polar surface area (TPSA) is 23.6 Å². The van der Waals surface area contributed by atoms with Gasteiger partial charge in [-0.2, -0.15) is 13.2 Å². The van der Waals surface area contributed by atoms with Crippen molar-refractivity contribution in [1.82, 2.24) is 9.80 Å². The van der Waals surface area contributed by atoms with Gasteiger partial charge in [-0.25, -0.2) is 18.0 Å². The zero-order valence-corrected chi connectivity index (χ0v) is 9.35. The van der Waals surface area contributed by atoms with Crippen molar-refractivity contribution in [3.8, 4) is 0 Å². The minimum atomic E-state index is -5.66. The van der Waals surface area contributed by atoms with E-state index >= 15 is 0 Å². The Bertz CT molecular complexity index is 278. The normalized spacial score (nSPS) is 14.4. The van der Waals surface area contributed by atoms with Gasteiger partial charge in [0.2, 0.25) is 0 Å². The first kappa shape index (κ1) is 15.9. The molecule has 102 valence electrons. The Morgan fingerprint density at radius 3 is 1.82 bits per heavy atom. The molecule has 0 aliphatic heterocycles. The predicted molar refractivity (Wildman–Crippen MR) is 47.6 cm³/mol. The maximum absolute atomic E-state index is 12.9. The molecule has 0 N–H and O–H groups in total. The van der Waals surface area contributed by atoms with E-state index in [4.69, 9.17) is 0 Å². The van der Waals surface area contributed by atoms with Crippen molar-refractivity contribution >= 4 is 6.03 Å². The molecular weight excluding hydrogens is 254 g/mol. The number of rotatable bonds is 3. The lowest BCUT2D eigenvalue weighted by atomic mass is 10.2. The molecule has 0 aliphatic rings. The summed E-state index contributed by atoms with van der Waals surface area (Å²) in [4.78, 5) is 12.3. The van der Waals surface area contributed by atoms with Crippen molar-refractivity contribution < 1.29 is 31.1 Å². The molecule has 17 heavy (non-hydrogen) atoms. The summed E-state index contributed by atoms with van der Waals surface area (Å²) in [5, 5.41) is 0. The summed E-state index contributed by atoms with van der Waals surface area (Å²) in [6.45, 7) is -1.65. The number of hydrogen-bond acceptors (Lipinski definition) is 1. The minimum absolute atomic E-state index is 0.318. The number of urea groups is 1. The molecule has 0 aliphatic carbocycles. The molecule has 0 heterocycles. The molecule has 0 rings (SSSR count). The molecule has 0 fully saturated rings. The molecule has 0 bridgehead atoms. The quantitative estimate of drug-likeness (QED) is 0.718. The molecule has 9 heteroatoms. The van der Waals surface area contributed by atoms with Crippen molar-refractivity contribution in [3.05, 3.63) is 0 Å². The van der Waals surface area contributed by atoms with Gasteiger partial charge in [-0.3, -0.25) is 0 Å². The van der Waals surface area contributed by atoms with Gasteiger partial charge in [0, 0.05) is 21.1 Å². The third-order valence-electron chi connectivity index (χ3n) is 1.82. The summed E-state index contributed by atoms with van der Waals surface area (Å²) >= 11 is 0. The van der Waals surface area contributed by atoms with E-state index in [2.05, 4.69) is 0 Å². The number of carbonyl (C=O) groups is 1. The van der Waals surface area contributed by atoms with E-state index in [1.54, 1.807) is 0 Å². The zero-order valence-electron chi connectivity index (χ0n) is 9.35. The standard InChI is InChI=1S/C8H12F6N2O/c1-15(2)6(17)16(3)4-7(10,11)5(9)8(12,13)14/h5H,4H2,1-3H3.